The van der Waals surface area contributed by atoms with Gasteiger partial charge in [0.05, 0.1) is 6.54 Å². The Hall–Kier alpha value is -3.25. The van der Waals surface area contributed by atoms with Gasteiger partial charge in [-0.3, -0.25) is 9.69 Å². The molecule has 0 aliphatic carbocycles. The van der Waals surface area contributed by atoms with Crippen LogP contribution in [0.3, 0.4) is 0 Å². The number of amides is 1. The van der Waals surface area contributed by atoms with Crippen LogP contribution in [0.15, 0.2) is 65.1 Å². The molecule has 32 heavy (non-hydrogen) atoms. The summed E-state index contributed by atoms with van der Waals surface area (Å²) in [5.74, 6) is 2.80. The van der Waals surface area contributed by atoms with E-state index in [1.807, 2.05) is 35.2 Å². The fraction of sp³-hybridized carbons (Fsp3) is 0.346. The van der Waals surface area contributed by atoms with Crippen LogP contribution in [0.4, 0.5) is 0 Å². The van der Waals surface area contributed by atoms with Gasteiger partial charge in [0.25, 0.3) is 5.91 Å². The summed E-state index contributed by atoms with van der Waals surface area (Å²) in [5, 5.41) is 0. The number of ether oxygens (including phenoxy) is 2. The summed E-state index contributed by atoms with van der Waals surface area (Å²) in [7, 11) is 0. The number of fused-ring (bicyclic) bond motifs is 1. The van der Waals surface area contributed by atoms with Crippen molar-refractivity contribution in [1.82, 2.24) is 9.80 Å². The van der Waals surface area contributed by atoms with Crippen molar-refractivity contribution in [2.24, 2.45) is 0 Å². The molecule has 1 fully saturated rings. The van der Waals surface area contributed by atoms with Crippen LogP contribution in [-0.4, -0.2) is 35.6 Å². The molecule has 166 valence electrons. The number of hydrogen-bond acceptors (Lipinski definition) is 5. The number of nitrogens with zero attached hydrogens (tertiary/aromatic N) is 2. The first-order valence-corrected chi connectivity index (χ1v) is 11.3. The molecule has 3 heterocycles. The number of piperidine rings is 1. The molecule has 2 aliphatic heterocycles. The average molecular weight is 433 g/mol. The maximum absolute atomic E-state index is 12.8. The van der Waals surface area contributed by atoms with E-state index in [2.05, 4.69) is 35.2 Å². The highest BCUT2D eigenvalue weighted by atomic mass is 16.7. The Morgan fingerprint density at radius 3 is 2.44 bits per heavy atom. The van der Waals surface area contributed by atoms with Gasteiger partial charge in [-0.25, -0.2) is 0 Å². The lowest BCUT2D eigenvalue weighted by molar-refractivity contribution is 0.0687. The molecular weight excluding hydrogens is 404 g/mol. The molecule has 1 aromatic heterocycles. The second-order valence-corrected chi connectivity index (χ2v) is 8.44. The Kier molecular flexibility index (Phi) is 6.12. The molecule has 1 saturated heterocycles. The van der Waals surface area contributed by atoms with E-state index in [0.29, 0.717) is 12.3 Å². The molecule has 1 amide bonds. The predicted molar refractivity (Wildman–Crippen MR) is 120 cm³/mol. The van der Waals surface area contributed by atoms with E-state index in [-0.39, 0.29) is 12.7 Å². The van der Waals surface area contributed by atoms with E-state index in [1.165, 1.54) is 12.0 Å². The Labute approximate surface area is 188 Å². The van der Waals surface area contributed by atoms with Crippen molar-refractivity contribution in [3.63, 3.8) is 0 Å². The van der Waals surface area contributed by atoms with Gasteiger partial charge in [-0.05, 0) is 54.7 Å². The van der Waals surface area contributed by atoms with Crippen LogP contribution < -0.4 is 9.47 Å². The first-order chi connectivity index (χ1) is 15.7. The number of rotatable bonds is 7. The molecule has 0 radical (unpaired) electrons. The molecule has 0 N–H and O–H groups in total. The quantitative estimate of drug-likeness (QED) is 0.535. The molecule has 2 aromatic carbocycles. The monoisotopic (exact) mass is 432 g/mol. The van der Waals surface area contributed by atoms with E-state index < -0.39 is 0 Å². The van der Waals surface area contributed by atoms with Gasteiger partial charge in [-0.15, -0.1) is 0 Å². The van der Waals surface area contributed by atoms with E-state index in [4.69, 9.17) is 13.9 Å². The van der Waals surface area contributed by atoms with Gasteiger partial charge in [0, 0.05) is 26.2 Å². The van der Waals surface area contributed by atoms with Gasteiger partial charge >= 0.3 is 0 Å². The highest BCUT2D eigenvalue weighted by Gasteiger charge is 2.22. The Morgan fingerprint density at radius 1 is 0.812 bits per heavy atom. The molecule has 0 spiro atoms. The summed E-state index contributed by atoms with van der Waals surface area (Å²) >= 11 is 0. The lowest BCUT2D eigenvalue weighted by Gasteiger charge is -2.25. The zero-order chi connectivity index (χ0) is 21.8. The minimum Gasteiger partial charge on any atom is -0.455 e. The molecule has 0 unspecified atom stereocenters. The van der Waals surface area contributed by atoms with Crippen LogP contribution in [0.2, 0.25) is 0 Å². The molecule has 3 aromatic rings. The van der Waals surface area contributed by atoms with Crippen molar-refractivity contribution in [1.29, 1.82) is 0 Å². The molecule has 0 atom stereocenters. The Balaban J connectivity index is 1.31. The largest absolute Gasteiger partial charge is 0.455 e. The van der Waals surface area contributed by atoms with Gasteiger partial charge < -0.3 is 18.8 Å². The molecule has 0 bridgehead atoms. The fourth-order valence-corrected chi connectivity index (χ4v) is 4.36. The van der Waals surface area contributed by atoms with Crippen molar-refractivity contribution in [3.8, 4) is 11.5 Å². The third-order valence-corrected chi connectivity index (χ3v) is 5.99. The molecule has 6 heteroatoms. The van der Waals surface area contributed by atoms with Crippen molar-refractivity contribution in [3.05, 3.63) is 83.3 Å². The van der Waals surface area contributed by atoms with Crippen LogP contribution in [0, 0.1) is 0 Å². The van der Waals surface area contributed by atoms with Gasteiger partial charge in [0.2, 0.25) is 6.79 Å². The first kappa shape index (κ1) is 20.6. The van der Waals surface area contributed by atoms with Crippen molar-refractivity contribution < 1.29 is 18.7 Å². The molecule has 0 saturated carbocycles. The summed E-state index contributed by atoms with van der Waals surface area (Å²) in [4.78, 5) is 17.0. The smallest absolute Gasteiger partial charge is 0.289 e. The van der Waals surface area contributed by atoms with Gasteiger partial charge in [-0.2, -0.15) is 0 Å². The van der Waals surface area contributed by atoms with Crippen molar-refractivity contribution in [2.45, 2.75) is 38.9 Å². The second kappa shape index (κ2) is 9.49. The summed E-state index contributed by atoms with van der Waals surface area (Å²) in [6, 6.07) is 20.2. The number of hydrogen-bond donors (Lipinski definition) is 0. The Bertz CT molecular complexity index is 1060. The lowest BCUT2D eigenvalue weighted by atomic mass is 10.1. The SMILES string of the molecule is O=C(c1ccc(CN(Cc2ccccc2)Cc2ccc3c(c2)OCO3)o1)N1CCCCC1. The summed E-state index contributed by atoms with van der Waals surface area (Å²) < 4.78 is 17.0. The molecule has 6 nitrogen and oxygen atoms in total. The fourth-order valence-electron chi connectivity index (χ4n) is 4.36. The minimum absolute atomic E-state index is 0.00123. The zero-order valence-corrected chi connectivity index (χ0v) is 18.2. The van der Waals surface area contributed by atoms with Gasteiger partial charge in [0.1, 0.15) is 5.76 Å². The normalized spacial score (nSPS) is 15.3. The van der Waals surface area contributed by atoms with Crippen LogP contribution in [0.25, 0.3) is 0 Å². The highest BCUT2D eigenvalue weighted by molar-refractivity contribution is 5.91. The summed E-state index contributed by atoms with van der Waals surface area (Å²) in [6.45, 7) is 4.01. The van der Waals surface area contributed by atoms with Crippen molar-refractivity contribution >= 4 is 5.91 Å². The van der Waals surface area contributed by atoms with Crippen LogP contribution >= 0.6 is 0 Å². The molecule has 2 aliphatic rings. The number of furan rings is 1. The number of likely N-dealkylation sites (tertiary alicyclic amines) is 1. The maximum atomic E-state index is 12.8. The second-order valence-electron chi connectivity index (χ2n) is 8.44. The van der Waals surface area contributed by atoms with E-state index in [0.717, 1.165) is 61.8 Å². The highest BCUT2D eigenvalue weighted by Crippen LogP contribution is 2.33. The molecular formula is C26H28N2O4. The standard InChI is InChI=1S/C26H28N2O4/c29-26(28-13-5-2-6-14-28)24-12-10-22(32-24)18-27(16-20-7-3-1-4-8-20)17-21-9-11-23-25(15-21)31-19-30-23/h1,3-4,7-12,15H,2,5-6,13-14,16-19H2. The minimum atomic E-state index is 0.00123. The lowest BCUT2D eigenvalue weighted by Crippen LogP contribution is -2.35. The number of benzene rings is 2. The topological polar surface area (TPSA) is 55.2 Å². The van der Waals surface area contributed by atoms with Gasteiger partial charge in [-0.1, -0.05) is 36.4 Å². The zero-order valence-electron chi connectivity index (χ0n) is 18.2. The summed E-state index contributed by atoms with van der Waals surface area (Å²) in [5.41, 5.74) is 2.37. The average Bonchev–Trinajstić information content (AvgIpc) is 3.49. The first-order valence-electron chi connectivity index (χ1n) is 11.3. The van der Waals surface area contributed by atoms with Crippen LogP contribution in [0.5, 0.6) is 11.5 Å². The van der Waals surface area contributed by atoms with Crippen LogP contribution in [-0.2, 0) is 19.6 Å². The summed E-state index contributed by atoms with van der Waals surface area (Å²) in [6.07, 6.45) is 3.33. The van der Waals surface area contributed by atoms with Gasteiger partial charge in [0.15, 0.2) is 17.3 Å². The van der Waals surface area contributed by atoms with E-state index >= 15 is 0 Å². The van der Waals surface area contributed by atoms with E-state index in [1.54, 1.807) is 0 Å². The third kappa shape index (κ3) is 4.81. The number of carbonyl (C=O) groups excluding carboxylic acids is 1. The third-order valence-electron chi connectivity index (χ3n) is 5.99. The van der Waals surface area contributed by atoms with Crippen LogP contribution in [0.1, 0.15) is 46.7 Å². The molecule has 5 rings (SSSR count). The maximum Gasteiger partial charge on any atom is 0.289 e. The van der Waals surface area contributed by atoms with E-state index in [9.17, 15) is 4.79 Å². The predicted octanol–water partition coefficient (Wildman–Crippen LogP) is 4.84. The Morgan fingerprint density at radius 2 is 1.59 bits per heavy atom. The number of carbonyl (C=O) groups is 1. The van der Waals surface area contributed by atoms with Crippen molar-refractivity contribution in [2.75, 3.05) is 19.9 Å².